The van der Waals surface area contributed by atoms with Crippen LogP contribution in [0, 0.1) is 19.7 Å². The number of aromatic nitrogens is 2. The van der Waals surface area contributed by atoms with E-state index in [4.69, 9.17) is 5.73 Å². The largest absolute Gasteiger partial charge is 0.399 e. The number of aryl methyl sites for hydroxylation is 2. The molecule has 1 heterocycles. The molecule has 1 aromatic heterocycles. The second-order valence-corrected chi connectivity index (χ2v) is 4.80. The lowest BCUT2D eigenvalue weighted by Gasteiger charge is -2.00. The summed E-state index contributed by atoms with van der Waals surface area (Å²) in [5.41, 5.74) is 10.6. The van der Waals surface area contributed by atoms with Crippen molar-refractivity contribution in [2.24, 2.45) is 0 Å². The van der Waals surface area contributed by atoms with E-state index in [1.807, 2.05) is 19.9 Å². The SMILES string of the molecule is Cc1cc(C)c2nc(-c3cc(N)ccc3F)[nH]c2c1. The van der Waals surface area contributed by atoms with Gasteiger partial charge in [-0.25, -0.2) is 9.37 Å². The molecule has 19 heavy (non-hydrogen) atoms. The molecule has 3 aromatic rings. The number of nitrogens with two attached hydrogens (primary N) is 1. The van der Waals surface area contributed by atoms with Crippen LogP contribution in [0.1, 0.15) is 11.1 Å². The Morgan fingerprint density at radius 2 is 1.95 bits per heavy atom. The Bertz CT molecular complexity index is 774. The lowest BCUT2D eigenvalue weighted by Crippen LogP contribution is -1.90. The first-order valence-electron chi connectivity index (χ1n) is 6.07. The molecule has 0 unspecified atom stereocenters. The molecule has 3 N–H and O–H groups in total. The van der Waals surface area contributed by atoms with Gasteiger partial charge in [0.25, 0.3) is 0 Å². The fraction of sp³-hybridized carbons (Fsp3) is 0.133. The van der Waals surface area contributed by atoms with Gasteiger partial charge in [-0.3, -0.25) is 0 Å². The molecule has 0 aliphatic rings. The van der Waals surface area contributed by atoms with Crippen LogP contribution in [0.5, 0.6) is 0 Å². The van der Waals surface area contributed by atoms with Crippen LogP contribution in [-0.4, -0.2) is 9.97 Å². The summed E-state index contributed by atoms with van der Waals surface area (Å²) >= 11 is 0. The average Bonchev–Trinajstić information content (AvgIpc) is 2.76. The molecule has 0 fully saturated rings. The van der Waals surface area contributed by atoms with Crippen molar-refractivity contribution in [3.05, 3.63) is 47.3 Å². The number of benzene rings is 2. The Labute approximate surface area is 110 Å². The van der Waals surface area contributed by atoms with Gasteiger partial charge in [0, 0.05) is 5.69 Å². The minimum Gasteiger partial charge on any atom is -0.399 e. The maximum absolute atomic E-state index is 13.8. The summed E-state index contributed by atoms with van der Waals surface area (Å²) in [7, 11) is 0. The summed E-state index contributed by atoms with van der Waals surface area (Å²) in [6.07, 6.45) is 0. The Kier molecular flexibility index (Phi) is 2.52. The molecule has 0 radical (unpaired) electrons. The van der Waals surface area contributed by atoms with Gasteiger partial charge in [-0.1, -0.05) is 6.07 Å². The molecule has 0 aliphatic carbocycles. The number of imidazole rings is 1. The Hall–Kier alpha value is -2.36. The second-order valence-electron chi connectivity index (χ2n) is 4.80. The lowest BCUT2D eigenvalue weighted by atomic mass is 10.1. The molecule has 0 saturated carbocycles. The molecule has 0 saturated heterocycles. The summed E-state index contributed by atoms with van der Waals surface area (Å²) in [6.45, 7) is 4.02. The first kappa shape index (κ1) is 11.7. The number of hydrogen-bond acceptors (Lipinski definition) is 2. The van der Waals surface area contributed by atoms with E-state index in [-0.39, 0.29) is 5.82 Å². The van der Waals surface area contributed by atoms with E-state index >= 15 is 0 Å². The van der Waals surface area contributed by atoms with Crippen molar-refractivity contribution in [1.82, 2.24) is 9.97 Å². The van der Waals surface area contributed by atoms with Gasteiger partial charge < -0.3 is 10.7 Å². The zero-order chi connectivity index (χ0) is 13.6. The van der Waals surface area contributed by atoms with Gasteiger partial charge in [-0.05, 0) is 49.2 Å². The van der Waals surface area contributed by atoms with Gasteiger partial charge in [-0.15, -0.1) is 0 Å². The number of H-pyrrole nitrogens is 1. The number of nitrogen functional groups attached to an aromatic ring is 1. The van der Waals surface area contributed by atoms with Gasteiger partial charge in [0.15, 0.2) is 0 Å². The lowest BCUT2D eigenvalue weighted by molar-refractivity contribution is 0.630. The first-order valence-corrected chi connectivity index (χ1v) is 6.07. The Morgan fingerprint density at radius 1 is 1.16 bits per heavy atom. The molecule has 0 bridgehead atoms. The number of fused-ring (bicyclic) bond motifs is 1. The number of hydrogen-bond donors (Lipinski definition) is 2. The highest BCUT2D eigenvalue weighted by Crippen LogP contribution is 2.26. The fourth-order valence-electron chi connectivity index (χ4n) is 2.32. The molecule has 4 heteroatoms. The second kappa shape index (κ2) is 4.09. The van der Waals surface area contributed by atoms with E-state index < -0.39 is 0 Å². The molecular weight excluding hydrogens is 241 g/mol. The predicted octanol–water partition coefficient (Wildman–Crippen LogP) is 3.57. The Morgan fingerprint density at radius 3 is 2.74 bits per heavy atom. The van der Waals surface area contributed by atoms with Crippen LogP contribution in [0.2, 0.25) is 0 Å². The monoisotopic (exact) mass is 255 g/mol. The van der Waals surface area contributed by atoms with Gasteiger partial charge in [0.1, 0.15) is 11.6 Å². The van der Waals surface area contributed by atoms with E-state index in [0.29, 0.717) is 17.1 Å². The normalized spacial score (nSPS) is 11.1. The van der Waals surface area contributed by atoms with E-state index in [9.17, 15) is 4.39 Å². The van der Waals surface area contributed by atoms with Crippen LogP contribution < -0.4 is 5.73 Å². The highest BCUT2D eigenvalue weighted by molar-refractivity contribution is 5.83. The summed E-state index contributed by atoms with van der Waals surface area (Å²) in [6, 6.07) is 8.55. The molecule has 3 rings (SSSR count). The number of nitrogens with zero attached hydrogens (tertiary/aromatic N) is 1. The maximum atomic E-state index is 13.8. The zero-order valence-electron chi connectivity index (χ0n) is 10.8. The van der Waals surface area contributed by atoms with Gasteiger partial charge in [-0.2, -0.15) is 0 Å². The van der Waals surface area contributed by atoms with Crippen LogP contribution in [0.4, 0.5) is 10.1 Å². The van der Waals surface area contributed by atoms with Crippen LogP contribution in [0.25, 0.3) is 22.4 Å². The van der Waals surface area contributed by atoms with Crippen molar-refractivity contribution in [3.63, 3.8) is 0 Å². The fourth-order valence-corrected chi connectivity index (χ4v) is 2.32. The van der Waals surface area contributed by atoms with Gasteiger partial charge in [0.05, 0.1) is 16.6 Å². The smallest absolute Gasteiger partial charge is 0.141 e. The standard InChI is InChI=1S/C15H14FN3/c1-8-5-9(2)14-13(6-8)18-15(19-14)11-7-10(17)3-4-12(11)16/h3-7H,17H2,1-2H3,(H,18,19). The Balaban J connectivity index is 2.26. The summed E-state index contributed by atoms with van der Waals surface area (Å²) in [5, 5.41) is 0. The van der Waals surface area contributed by atoms with Crippen molar-refractivity contribution < 1.29 is 4.39 Å². The first-order chi connectivity index (χ1) is 9.04. The highest BCUT2D eigenvalue weighted by Gasteiger charge is 2.12. The molecule has 0 atom stereocenters. The van der Waals surface area contributed by atoms with E-state index in [2.05, 4.69) is 16.0 Å². The third-order valence-electron chi connectivity index (χ3n) is 3.17. The molecule has 0 spiro atoms. The number of anilines is 1. The maximum Gasteiger partial charge on any atom is 0.141 e. The van der Waals surface area contributed by atoms with Crippen molar-refractivity contribution in [1.29, 1.82) is 0 Å². The number of halogens is 1. The summed E-state index contributed by atoms with van der Waals surface area (Å²) < 4.78 is 13.8. The zero-order valence-corrected chi connectivity index (χ0v) is 10.8. The third-order valence-corrected chi connectivity index (χ3v) is 3.17. The molecule has 0 amide bonds. The van der Waals surface area contributed by atoms with Crippen LogP contribution in [0.15, 0.2) is 30.3 Å². The van der Waals surface area contributed by atoms with E-state index in [0.717, 1.165) is 22.2 Å². The minimum atomic E-state index is -0.331. The van der Waals surface area contributed by atoms with Crippen LogP contribution in [0.3, 0.4) is 0 Å². The van der Waals surface area contributed by atoms with Crippen molar-refractivity contribution in [3.8, 4) is 11.4 Å². The topological polar surface area (TPSA) is 54.7 Å². The van der Waals surface area contributed by atoms with Crippen molar-refractivity contribution >= 4 is 16.7 Å². The summed E-state index contributed by atoms with van der Waals surface area (Å²) in [4.78, 5) is 7.63. The van der Waals surface area contributed by atoms with Crippen molar-refractivity contribution in [2.75, 3.05) is 5.73 Å². The molecule has 3 nitrogen and oxygen atoms in total. The van der Waals surface area contributed by atoms with Crippen molar-refractivity contribution in [2.45, 2.75) is 13.8 Å². The van der Waals surface area contributed by atoms with Crippen LogP contribution in [-0.2, 0) is 0 Å². The number of rotatable bonds is 1. The predicted molar refractivity (Wildman–Crippen MR) is 75.4 cm³/mol. The molecule has 2 aromatic carbocycles. The van der Waals surface area contributed by atoms with E-state index in [1.54, 1.807) is 6.07 Å². The molecule has 0 aliphatic heterocycles. The van der Waals surface area contributed by atoms with Crippen LogP contribution >= 0.6 is 0 Å². The third kappa shape index (κ3) is 1.95. The average molecular weight is 255 g/mol. The van der Waals surface area contributed by atoms with Gasteiger partial charge in [0.2, 0.25) is 0 Å². The number of nitrogens with one attached hydrogen (secondary N) is 1. The quantitative estimate of drug-likeness (QED) is 0.653. The summed E-state index contributed by atoms with van der Waals surface area (Å²) in [5.74, 6) is 0.177. The minimum absolute atomic E-state index is 0.331. The highest BCUT2D eigenvalue weighted by atomic mass is 19.1. The van der Waals surface area contributed by atoms with Gasteiger partial charge >= 0.3 is 0 Å². The molecular formula is C15H14FN3. The molecule has 96 valence electrons. The van der Waals surface area contributed by atoms with E-state index in [1.165, 1.54) is 12.1 Å². The number of aromatic amines is 1.